The van der Waals surface area contributed by atoms with Crippen molar-refractivity contribution in [3.63, 3.8) is 0 Å². The number of hydrogen-bond donors (Lipinski definition) is 0. The number of rotatable bonds is 2. The number of carbonyl (C=O) groups excluding carboxylic acids is 2. The molecule has 0 fully saturated rings. The molecule has 3 heteroatoms. The van der Waals surface area contributed by atoms with E-state index in [-0.39, 0.29) is 50.7 Å². The summed E-state index contributed by atoms with van der Waals surface area (Å²) in [5.74, 6) is 0.0415. The van der Waals surface area contributed by atoms with Crippen molar-refractivity contribution in [3.8, 4) is 0 Å². The Hall–Kier alpha value is 0.444. The molecule has 0 radical (unpaired) electrons. The molecule has 0 aromatic carbocycles. The van der Waals surface area contributed by atoms with Gasteiger partial charge in [0.2, 0.25) is 0 Å². The molecule has 0 spiro atoms. The first-order valence-corrected chi connectivity index (χ1v) is 4.62. The van der Waals surface area contributed by atoms with Crippen LogP contribution in [0.2, 0.25) is 0 Å². The number of hydrogen-bond acceptors (Lipinski definition) is 2. The van der Waals surface area contributed by atoms with Gasteiger partial charge in [0.05, 0.1) is 6.42 Å². The van der Waals surface area contributed by atoms with Gasteiger partial charge in [-0.15, -0.1) is 0 Å². The largest absolute Gasteiger partial charge is 3.00 e. The standard InChI is InChI=1S/C11H20O2.Y/c1-10(2,3)8(12)7-9(13)11(4,5)6;/h7H2,1-6H3;/q;+3. The Bertz CT molecular complexity index is 194. The van der Waals surface area contributed by atoms with E-state index in [0.717, 1.165) is 0 Å². The number of Topliss-reactive ketones (excluding diaryl/α,β-unsaturated/α-hetero) is 2. The van der Waals surface area contributed by atoms with Gasteiger partial charge in [-0.3, -0.25) is 9.59 Å². The van der Waals surface area contributed by atoms with Crippen molar-refractivity contribution in [2.45, 2.75) is 48.0 Å². The summed E-state index contributed by atoms with van der Waals surface area (Å²) in [7, 11) is 0. The van der Waals surface area contributed by atoms with Crippen LogP contribution in [0, 0.1) is 10.8 Å². The van der Waals surface area contributed by atoms with Gasteiger partial charge < -0.3 is 0 Å². The van der Waals surface area contributed by atoms with Crippen molar-refractivity contribution < 1.29 is 42.3 Å². The Kier molecular flexibility index (Phi) is 6.63. The summed E-state index contributed by atoms with van der Waals surface area (Å²) >= 11 is 0. The third-order valence-electron chi connectivity index (χ3n) is 1.99. The molecule has 0 atom stereocenters. The van der Waals surface area contributed by atoms with Crippen LogP contribution in [0.4, 0.5) is 0 Å². The van der Waals surface area contributed by atoms with Crippen molar-refractivity contribution in [1.82, 2.24) is 0 Å². The SMILES string of the molecule is CC(C)(C)C(=O)CC(=O)C(C)(C)C.[Y+3]. The van der Waals surface area contributed by atoms with Gasteiger partial charge in [-0.1, -0.05) is 41.5 Å². The summed E-state index contributed by atoms with van der Waals surface area (Å²) in [5.41, 5.74) is -0.804. The number of ketones is 2. The molecule has 0 aliphatic rings. The van der Waals surface area contributed by atoms with E-state index in [2.05, 4.69) is 0 Å². The Morgan fingerprint density at radius 1 is 0.786 bits per heavy atom. The molecule has 0 aromatic rings. The molecule has 0 amide bonds. The maximum atomic E-state index is 11.5. The minimum atomic E-state index is -0.402. The van der Waals surface area contributed by atoms with Crippen molar-refractivity contribution in [2.75, 3.05) is 0 Å². The summed E-state index contributed by atoms with van der Waals surface area (Å²) in [6.07, 6.45) is 0.0625. The van der Waals surface area contributed by atoms with Crippen LogP contribution >= 0.6 is 0 Å². The molecule has 0 aliphatic carbocycles. The zero-order valence-electron chi connectivity index (χ0n) is 10.1. The van der Waals surface area contributed by atoms with Crippen molar-refractivity contribution in [2.24, 2.45) is 10.8 Å². The van der Waals surface area contributed by atoms with Gasteiger partial charge in [0, 0.05) is 10.8 Å². The Labute approximate surface area is 112 Å². The second-order valence-electron chi connectivity index (χ2n) is 5.52. The Morgan fingerprint density at radius 2 is 1.00 bits per heavy atom. The fraction of sp³-hybridized carbons (Fsp3) is 0.818. The third kappa shape index (κ3) is 6.03. The summed E-state index contributed by atoms with van der Waals surface area (Å²) in [5, 5.41) is 0. The molecular formula is C11H20O2Y+3. The minimum Gasteiger partial charge on any atom is -0.299 e. The average Bonchev–Trinajstić information content (AvgIpc) is 1.82. The van der Waals surface area contributed by atoms with Gasteiger partial charge in [0.15, 0.2) is 0 Å². The van der Waals surface area contributed by atoms with Crippen LogP contribution in [-0.2, 0) is 42.3 Å². The first-order chi connectivity index (χ1) is 5.55. The summed E-state index contributed by atoms with van der Waals surface area (Å²) < 4.78 is 0. The van der Waals surface area contributed by atoms with Crippen LogP contribution < -0.4 is 0 Å². The van der Waals surface area contributed by atoms with Gasteiger partial charge >= 0.3 is 32.7 Å². The second-order valence-corrected chi connectivity index (χ2v) is 5.52. The summed E-state index contributed by atoms with van der Waals surface area (Å²) in [6.45, 7) is 11.0. The molecule has 0 saturated carbocycles. The Balaban J connectivity index is 0. The first kappa shape index (κ1) is 16.9. The van der Waals surface area contributed by atoms with E-state index in [1.165, 1.54) is 0 Å². The van der Waals surface area contributed by atoms with Gasteiger partial charge in [-0.05, 0) is 0 Å². The van der Waals surface area contributed by atoms with Crippen LogP contribution in [0.5, 0.6) is 0 Å². The van der Waals surface area contributed by atoms with Crippen molar-refractivity contribution in [3.05, 3.63) is 0 Å². The van der Waals surface area contributed by atoms with Gasteiger partial charge in [0.1, 0.15) is 11.6 Å². The van der Waals surface area contributed by atoms with E-state index < -0.39 is 10.8 Å². The zero-order valence-corrected chi connectivity index (χ0v) is 12.9. The van der Waals surface area contributed by atoms with Gasteiger partial charge in [-0.2, -0.15) is 0 Å². The fourth-order valence-corrected chi connectivity index (χ4v) is 0.676. The molecule has 0 rings (SSSR count). The molecule has 0 saturated heterocycles. The average molecular weight is 273 g/mol. The monoisotopic (exact) mass is 273 g/mol. The quantitative estimate of drug-likeness (QED) is 0.725. The smallest absolute Gasteiger partial charge is 0.299 e. The van der Waals surface area contributed by atoms with E-state index in [4.69, 9.17) is 0 Å². The normalized spacial score (nSPS) is 11.9. The van der Waals surface area contributed by atoms with E-state index in [1.54, 1.807) is 0 Å². The third-order valence-corrected chi connectivity index (χ3v) is 1.99. The molecule has 76 valence electrons. The van der Waals surface area contributed by atoms with E-state index >= 15 is 0 Å². The molecule has 2 nitrogen and oxygen atoms in total. The molecule has 14 heavy (non-hydrogen) atoms. The molecule has 0 aromatic heterocycles. The second kappa shape index (κ2) is 5.51. The van der Waals surface area contributed by atoms with E-state index in [9.17, 15) is 9.59 Å². The predicted molar refractivity (Wildman–Crippen MR) is 53.5 cm³/mol. The molecule has 0 bridgehead atoms. The molecule has 0 heterocycles. The van der Waals surface area contributed by atoms with Crippen LogP contribution in [0.1, 0.15) is 48.0 Å². The van der Waals surface area contributed by atoms with Crippen molar-refractivity contribution >= 4 is 11.6 Å². The van der Waals surface area contributed by atoms with E-state index in [0.29, 0.717) is 0 Å². The number of carbonyl (C=O) groups is 2. The maximum absolute atomic E-state index is 11.5. The minimum absolute atomic E-state index is 0. The van der Waals surface area contributed by atoms with Crippen molar-refractivity contribution in [1.29, 1.82) is 0 Å². The summed E-state index contributed by atoms with van der Waals surface area (Å²) in [6, 6.07) is 0. The fourth-order valence-electron chi connectivity index (χ4n) is 0.676. The molecule has 0 N–H and O–H groups in total. The first-order valence-electron chi connectivity index (χ1n) is 4.62. The van der Waals surface area contributed by atoms with Gasteiger partial charge in [-0.25, -0.2) is 0 Å². The summed E-state index contributed by atoms with van der Waals surface area (Å²) in [4.78, 5) is 23.0. The maximum Gasteiger partial charge on any atom is 3.00 e. The van der Waals surface area contributed by atoms with Gasteiger partial charge in [0.25, 0.3) is 0 Å². The van der Waals surface area contributed by atoms with Crippen LogP contribution in [0.25, 0.3) is 0 Å². The predicted octanol–water partition coefficient (Wildman–Crippen LogP) is 2.60. The molecule has 0 aliphatic heterocycles. The topological polar surface area (TPSA) is 34.1 Å². The zero-order chi connectivity index (χ0) is 10.9. The van der Waals surface area contributed by atoms with Crippen LogP contribution in [0.3, 0.4) is 0 Å². The Morgan fingerprint density at radius 3 is 1.14 bits per heavy atom. The molecule has 0 unspecified atom stereocenters. The van der Waals surface area contributed by atoms with Crippen LogP contribution in [-0.4, -0.2) is 11.6 Å². The molecular weight excluding hydrogens is 253 g/mol. The van der Waals surface area contributed by atoms with Crippen LogP contribution in [0.15, 0.2) is 0 Å². The van der Waals surface area contributed by atoms with E-state index in [1.807, 2.05) is 41.5 Å².